The number of hydrogen-bond acceptors (Lipinski definition) is 3. The van der Waals surface area contributed by atoms with E-state index in [1.54, 1.807) is 11.8 Å². The Hall–Kier alpha value is -2.72. The third-order valence-electron chi connectivity index (χ3n) is 4.07. The van der Waals surface area contributed by atoms with E-state index in [-0.39, 0.29) is 5.91 Å². The molecular weight excluding hydrogens is 354 g/mol. The topological polar surface area (TPSA) is 38.3 Å². The number of para-hydroxylation sites is 1. The molecule has 3 aromatic rings. The van der Waals surface area contributed by atoms with Gasteiger partial charge in [0.2, 0.25) is 0 Å². The van der Waals surface area contributed by atoms with Gasteiger partial charge in [-0.2, -0.15) is 0 Å². The van der Waals surface area contributed by atoms with E-state index in [0.717, 1.165) is 22.8 Å². The number of thioether (sulfide) groups is 1. The summed E-state index contributed by atoms with van der Waals surface area (Å²) in [4.78, 5) is 13.8. The van der Waals surface area contributed by atoms with Crippen LogP contribution in [0.15, 0.2) is 77.7 Å². The minimum atomic E-state index is -0.120. The maximum absolute atomic E-state index is 12.6. The van der Waals surface area contributed by atoms with Crippen molar-refractivity contribution in [2.45, 2.75) is 24.5 Å². The maximum Gasteiger partial charge on any atom is 0.255 e. The Balaban J connectivity index is 1.77. The largest absolute Gasteiger partial charge is 0.494 e. The van der Waals surface area contributed by atoms with Crippen molar-refractivity contribution in [3.05, 3.63) is 89.5 Å². The number of nitrogens with one attached hydrogen (secondary N) is 1. The van der Waals surface area contributed by atoms with Crippen molar-refractivity contribution in [1.29, 1.82) is 0 Å². The highest BCUT2D eigenvalue weighted by atomic mass is 32.2. The van der Waals surface area contributed by atoms with E-state index in [9.17, 15) is 4.79 Å². The number of hydrogen-bond donors (Lipinski definition) is 1. The van der Waals surface area contributed by atoms with Gasteiger partial charge >= 0.3 is 0 Å². The molecular formula is C23H23NO2S. The lowest BCUT2D eigenvalue weighted by molar-refractivity contribution is 0.102. The number of benzene rings is 3. The van der Waals surface area contributed by atoms with Gasteiger partial charge < -0.3 is 10.1 Å². The Morgan fingerprint density at radius 3 is 2.44 bits per heavy atom. The zero-order valence-corrected chi connectivity index (χ0v) is 16.4. The summed E-state index contributed by atoms with van der Waals surface area (Å²) < 4.78 is 5.75. The molecule has 0 atom stereocenters. The van der Waals surface area contributed by atoms with Crippen molar-refractivity contribution in [1.82, 2.24) is 0 Å². The van der Waals surface area contributed by atoms with Crippen molar-refractivity contribution in [3.8, 4) is 5.75 Å². The molecule has 1 amide bonds. The number of carbonyl (C=O) groups excluding carboxylic acids is 1. The zero-order chi connectivity index (χ0) is 19.1. The molecule has 0 radical (unpaired) electrons. The van der Waals surface area contributed by atoms with Crippen molar-refractivity contribution in [2.75, 3.05) is 11.9 Å². The summed E-state index contributed by atoms with van der Waals surface area (Å²) in [6.07, 6.45) is 0. The standard InChI is InChI=1S/C23H23NO2S/c1-3-26-22-14-11-18(23(25)24-20-7-5-4-6-8-20)15-19(22)16-27-21-12-9-17(2)10-13-21/h4-15H,3,16H2,1-2H3,(H,24,25). The molecule has 0 heterocycles. The average molecular weight is 378 g/mol. The van der Waals surface area contributed by atoms with Crippen LogP contribution in [0.25, 0.3) is 0 Å². The van der Waals surface area contributed by atoms with Gasteiger partial charge in [-0.15, -0.1) is 11.8 Å². The van der Waals surface area contributed by atoms with Crippen LogP contribution in [0.4, 0.5) is 5.69 Å². The third kappa shape index (κ3) is 5.38. The lowest BCUT2D eigenvalue weighted by Gasteiger charge is -2.12. The normalized spacial score (nSPS) is 10.4. The van der Waals surface area contributed by atoms with Gasteiger partial charge in [0.15, 0.2) is 0 Å². The van der Waals surface area contributed by atoms with E-state index >= 15 is 0 Å². The maximum atomic E-state index is 12.6. The predicted octanol–water partition coefficient (Wildman–Crippen LogP) is 5.94. The van der Waals surface area contributed by atoms with E-state index in [0.29, 0.717) is 12.2 Å². The third-order valence-corrected chi connectivity index (χ3v) is 5.13. The number of ether oxygens (including phenoxy) is 1. The molecule has 0 saturated carbocycles. The monoisotopic (exact) mass is 377 g/mol. The first-order chi connectivity index (χ1) is 13.2. The van der Waals surface area contributed by atoms with Gasteiger partial charge in [-0.3, -0.25) is 4.79 Å². The smallest absolute Gasteiger partial charge is 0.255 e. The molecule has 0 unspecified atom stereocenters. The van der Waals surface area contributed by atoms with Crippen molar-refractivity contribution < 1.29 is 9.53 Å². The first-order valence-corrected chi connectivity index (χ1v) is 9.96. The van der Waals surface area contributed by atoms with Crippen molar-refractivity contribution in [2.24, 2.45) is 0 Å². The van der Waals surface area contributed by atoms with E-state index in [1.165, 1.54) is 10.5 Å². The molecule has 3 nitrogen and oxygen atoms in total. The summed E-state index contributed by atoms with van der Waals surface area (Å²) in [5, 5.41) is 2.93. The summed E-state index contributed by atoms with van der Waals surface area (Å²) in [5.41, 5.74) is 3.67. The average Bonchev–Trinajstić information content (AvgIpc) is 2.69. The van der Waals surface area contributed by atoms with Crippen LogP contribution in [0.3, 0.4) is 0 Å². The Morgan fingerprint density at radius 2 is 1.74 bits per heavy atom. The summed E-state index contributed by atoms with van der Waals surface area (Å²) in [6.45, 7) is 4.64. The highest BCUT2D eigenvalue weighted by Gasteiger charge is 2.11. The van der Waals surface area contributed by atoms with Crippen LogP contribution >= 0.6 is 11.8 Å². The van der Waals surface area contributed by atoms with E-state index in [4.69, 9.17) is 4.74 Å². The van der Waals surface area contributed by atoms with Crippen LogP contribution in [0.1, 0.15) is 28.4 Å². The number of rotatable bonds is 7. The molecule has 138 valence electrons. The van der Waals surface area contributed by atoms with Crippen molar-refractivity contribution in [3.63, 3.8) is 0 Å². The molecule has 0 spiro atoms. The van der Waals surface area contributed by atoms with Crippen LogP contribution < -0.4 is 10.1 Å². The first-order valence-electron chi connectivity index (χ1n) is 8.97. The zero-order valence-electron chi connectivity index (χ0n) is 15.6. The van der Waals surface area contributed by atoms with E-state index < -0.39 is 0 Å². The number of anilines is 1. The minimum absolute atomic E-state index is 0.120. The summed E-state index contributed by atoms with van der Waals surface area (Å²) in [6, 6.07) is 23.5. The molecule has 0 aliphatic carbocycles. The molecule has 0 aliphatic heterocycles. The van der Waals surface area contributed by atoms with Crippen LogP contribution in [0.2, 0.25) is 0 Å². The van der Waals surface area contributed by atoms with Crippen molar-refractivity contribution >= 4 is 23.4 Å². The molecule has 0 fully saturated rings. The first kappa shape index (κ1) is 19.1. The fourth-order valence-electron chi connectivity index (χ4n) is 2.65. The van der Waals surface area contributed by atoms with Gasteiger partial charge in [-0.1, -0.05) is 35.9 Å². The van der Waals surface area contributed by atoms with Gasteiger partial charge in [-0.25, -0.2) is 0 Å². The Morgan fingerprint density at radius 1 is 1.00 bits per heavy atom. The van der Waals surface area contributed by atoms with Gasteiger partial charge in [0, 0.05) is 27.5 Å². The number of carbonyl (C=O) groups is 1. The molecule has 3 rings (SSSR count). The Bertz CT molecular complexity index is 892. The quantitative estimate of drug-likeness (QED) is 0.518. The lowest BCUT2D eigenvalue weighted by atomic mass is 10.1. The molecule has 0 saturated heterocycles. The summed E-state index contributed by atoms with van der Waals surface area (Å²) >= 11 is 1.73. The van der Waals surface area contributed by atoms with Crippen LogP contribution in [0, 0.1) is 6.92 Å². The SMILES string of the molecule is CCOc1ccc(C(=O)Nc2ccccc2)cc1CSc1ccc(C)cc1. The van der Waals surface area contributed by atoms with Gasteiger partial charge in [-0.05, 0) is 56.3 Å². The Labute approximate surface area is 164 Å². The van der Waals surface area contributed by atoms with Gasteiger partial charge in [0.25, 0.3) is 5.91 Å². The van der Waals surface area contributed by atoms with E-state index in [1.807, 2.05) is 55.5 Å². The lowest BCUT2D eigenvalue weighted by Crippen LogP contribution is -2.12. The van der Waals surface area contributed by atoms with E-state index in [2.05, 4.69) is 36.5 Å². The summed E-state index contributed by atoms with van der Waals surface area (Å²) in [7, 11) is 0. The second-order valence-electron chi connectivity index (χ2n) is 6.18. The fraction of sp³-hybridized carbons (Fsp3) is 0.174. The molecule has 0 aromatic heterocycles. The molecule has 4 heteroatoms. The number of aryl methyl sites for hydroxylation is 1. The highest BCUT2D eigenvalue weighted by Crippen LogP contribution is 2.29. The van der Waals surface area contributed by atoms with Crippen LogP contribution in [-0.4, -0.2) is 12.5 Å². The molecule has 0 aliphatic rings. The van der Waals surface area contributed by atoms with Gasteiger partial charge in [0.05, 0.1) is 6.61 Å². The van der Waals surface area contributed by atoms with Crippen LogP contribution in [0.5, 0.6) is 5.75 Å². The van der Waals surface area contributed by atoms with Gasteiger partial charge in [0.1, 0.15) is 5.75 Å². The predicted molar refractivity (Wildman–Crippen MR) is 113 cm³/mol. The minimum Gasteiger partial charge on any atom is -0.494 e. The van der Waals surface area contributed by atoms with Crippen LogP contribution in [-0.2, 0) is 5.75 Å². The molecule has 1 N–H and O–H groups in total. The fourth-order valence-corrected chi connectivity index (χ4v) is 3.53. The highest BCUT2D eigenvalue weighted by molar-refractivity contribution is 7.98. The second kappa shape index (κ2) is 9.28. The summed E-state index contributed by atoms with van der Waals surface area (Å²) in [5.74, 6) is 1.45. The number of amides is 1. The molecule has 27 heavy (non-hydrogen) atoms. The second-order valence-corrected chi connectivity index (χ2v) is 7.23. The molecule has 0 bridgehead atoms. The Kier molecular flexibility index (Phi) is 6.55. The molecule has 3 aromatic carbocycles.